The van der Waals surface area contributed by atoms with Crippen LogP contribution in [0.4, 0.5) is 0 Å². The second-order valence-corrected chi connectivity index (χ2v) is 2.55. The molecule has 0 saturated heterocycles. The van der Waals surface area contributed by atoms with E-state index >= 15 is 0 Å². The zero-order chi connectivity index (χ0) is 8.39. The number of nitrogens with two attached hydrogens (primary N) is 1. The molecule has 0 fully saturated rings. The van der Waals surface area contributed by atoms with E-state index in [1.807, 2.05) is 0 Å². The lowest BCUT2D eigenvalue weighted by Crippen LogP contribution is -1.95. The SMILES string of the molecule is NCc1nnc(-c2cnsn2)o1. The number of nitrogens with zero attached hydrogens (tertiary/aromatic N) is 4. The zero-order valence-electron chi connectivity index (χ0n) is 5.97. The molecule has 2 heterocycles. The third-order valence-corrected chi connectivity index (χ3v) is 1.70. The fourth-order valence-corrected chi connectivity index (χ4v) is 1.11. The predicted molar refractivity (Wildman–Crippen MR) is 41.1 cm³/mol. The highest BCUT2D eigenvalue weighted by Crippen LogP contribution is 2.14. The van der Waals surface area contributed by atoms with Crippen molar-refractivity contribution >= 4 is 11.7 Å². The van der Waals surface area contributed by atoms with Crippen LogP contribution < -0.4 is 5.73 Å². The minimum Gasteiger partial charge on any atom is -0.418 e. The lowest BCUT2D eigenvalue weighted by molar-refractivity contribution is 0.507. The van der Waals surface area contributed by atoms with Gasteiger partial charge in [0.2, 0.25) is 5.89 Å². The molecule has 0 aliphatic carbocycles. The van der Waals surface area contributed by atoms with Crippen LogP contribution in [0, 0.1) is 0 Å². The van der Waals surface area contributed by atoms with Crippen molar-refractivity contribution in [3.05, 3.63) is 12.1 Å². The first kappa shape index (κ1) is 7.32. The fraction of sp³-hybridized carbons (Fsp3) is 0.200. The number of hydrogen-bond donors (Lipinski definition) is 1. The monoisotopic (exact) mass is 183 g/mol. The molecule has 7 heteroatoms. The van der Waals surface area contributed by atoms with Gasteiger partial charge in [-0.2, -0.15) is 8.75 Å². The van der Waals surface area contributed by atoms with Crippen molar-refractivity contribution in [2.45, 2.75) is 6.54 Å². The molecule has 2 rings (SSSR count). The predicted octanol–water partition coefficient (Wildman–Crippen LogP) is 0.0468. The zero-order valence-corrected chi connectivity index (χ0v) is 6.78. The fourth-order valence-electron chi connectivity index (χ4n) is 0.698. The van der Waals surface area contributed by atoms with Gasteiger partial charge in [-0.15, -0.1) is 10.2 Å². The van der Waals surface area contributed by atoms with Crippen LogP contribution in [0.5, 0.6) is 0 Å². The van der Waals surface area contributed by atoms with Crippen molar-refractivity contribution in [3.63, 3.8) is 0 Å². The average molecular weight is 183 g/mol. The van der Waals surface area contributed by atoms with Gasteiger partial charge in [0.15, 0.2) is 5.69 Å². The maximum Gasteiger partial charge on any atom is 0.269 e. The molecule has 0 saturated carbocycles. The van der Waals surface area contributed by atoms with Gasteiger partial charge in [0, 0.05) is 0 Å². The molecule has 2 N–H and O–H groups in total. The number of hydrogen-bond acceptors (Lipinski definition) is 7. The van der Waals surface area contributed by atoms with Gasteiger partial charge in [-0.25, -0.2) is 0 Å². The summed E-state index contributed by atoms with van der Waals surface area (Å²) in [6, 6.07) is 0. The Kier molecular flexibility index (Phi) is 1.80. The van der Waals surface area contributed by atoms with Crippen molar-refractivity contribution in [1.82, 2.24) is 18.9 Å². The average Bonchev–Trinajstić information content (AvgIpc) is 2.75. The quantitative estimate of drug-likeness (QED) is 0.707. The van der Waals surface area contributed by atoms with Crippen LogP contribution in [0.15, 0.2) is 10.6 Å². The van der Waals surface area contributed by atoms with E-state index in [0.717, 1.165) is 11.7 Å². The Hall–Kier alpha value is -1.34. The van der Waals surface area contributed by atoms with Gasteiger partial charge in [-0.3, -0.25) is 0 Å². The highest BCUT2D eigenvalue weighted by Gasteiger charge is 2.08. The Morgan fingerprint density at radius 2 is 2.42 bits per heavy atom. The highest BCUT2D eigenvalue weighted by molar-refractivity contribution is 6.99. The normalized spacial score (nSPS) is 10.4. The maximum absolute atomic E-state index is 5.29. The molecule has 0 atom stereocenters. The topological polar surface area (TPSA) is 90.7 Å². The number of aromatic nitrogens is 4. The van der Waals surface area contributed by atoms with Crippen LogP contribution >= 0.6 is 11.7 Å². The van der Waals surface area contributed by atoms with Crippen LogP contribution in [0.25, 0.3) is 11.6 Å². The summed E-state index contributed by atoms with van der Waals surface area (Å²) in [4.78, 5) is 0. The molecule has 0 spiro atoms. The minimum atomic E-state index is 0.241. The van der Waals surface area contributed by atoms with E-state index in [1.54, 1.807) is 6.20 Å². The van der Waals surface area contributed by atoms with Crippen molar-refractivity contribution in [2.75, 3.05) is 0 Å². The maximum atomic E-state index is 5.29. The van der Waals surface area contributed by atoms with Crippen molar-refractivity contribution < 1.29 is 4.42 Å². The van der Waals surface area contributed by atoms with E-state index in [0.29, 0.717) is 17.5 Å². The first-order chi connectivity index (χ1) is 5.90. The molecule has 0 unspecified atom stereocenters. The van der Waals surface area contributed by atoms with Crippen LogP contribution in [0.3, 0.4) is 0 Å². The Labute approximate surface area is 71.8 Å². The van der Waals surface area contributed by atoms with E-state index in [2.05, 4.69) is 18.9 Å². The Balaban J connectivity index is 2.35. The first-order valence-electron chi connectivity index (χ1n) is 3.20. The molecule has 0 radical (unpaired) electrons. The van der Waals surface area contributed by atoms with Gasteiger partial charge in [-0.1, -0.05) is 0 Å². The second kappa shape index (κ2) is 2.95. The van der Waals surface area contributed by atoms with Gasteiger partial charge < -0.3 is 10.2 Å². The summed E-state index contributed by atoms with van der Waals surface area (Å²) < 4.78 is 12.9. The molecule has 0 aliphatic heterocycles. The molecule has 6 nitrogen and oxygen atoms in total. The Morgan fingerprint density at radius 3 is 3.00 bits per heavy atom. The van der Waals surface area contributed by atoms with Gasteiger partial charge in [-0.05, 0) is 0 Å². The van der Waals surface area contributed by atoms with Crippen molar-refractivity contribution in [2.24, 2.45) is 5.73 Å². The molecule has 0 aliphatic rings. The smallest absolute Gasteiger partial charge is 0.269 e. The summed E-state index contributed by atoms with van der Waals surface area (Å²) >= 11 is 1.09. The molecule has 2 aromatic rings. The molecule has 2 aromatic heterocycles. The van der Waals surface area contributed by atoms with Crippen molar-refractivity contribution in [3.8, 4) is 11.6 Å². The van der Waals surface area contributed by atoms with Crippen LogP contribution in [0.2, 0.25) is 0 Å². The summed E-state index contributed by atoms with van der Waals surface area (Å²) in [6.07, 6.45) is 1.57. The first-order valence-corrected chi connectivity index (χ1v) is 3.93. The summed E-state index contributed by atoms with van der Waals surface area (Å²) in [5.41, 5.74) is 5.88. The van der Waals surface area contributed by atoms with Crippen LogP contribution in [-0.4, -0.2) is 18.9 Å². The van der Waals surface area contributed by atoms with Crippen LogP contribution in [0.1, 0.15) is 5.89 Å². The molecule has 0 bridgehead atoms. The third-order valence-electron chi connectivity index (χ3n) is 1.22. The summed E-state index contributed by atoms with van der Waals surface area (Å²) in [7, 11) is 0. The molecule has 12 heavy (non-hydrogen) atoms. The largest absolute Gasteiger partial charge is 0.418 e. The third kappa shape index (κ3) is 1.19. The minimum absolute atomic E-state index is 0.241. The lowest BCUT2D eigenvalue weighted by Gasteiger charge is -1.82. The standard InChI is InChI=1S/C5H5N5OS/c6-1-4-8-9-5(11-4)3-2-7-12-10-3/h2H,1,6H2. The number of rotatable bonds is 2. The van der Waals surface area contributed by atoms with Gasteiger partial charge in [0.25, 0.3) is 5.89 Å². The van der Waals surface area contributed by atoms with E-state index in [4.69, 9.17) is 10.2 Å². The van der Waals surface area contributed by atoms with Crippen molar-refractivity contribution in [1.29, 1.82) is 0 Å². The molecule has 0 aromatic carbocycles. The molecule has 0 amide bonds. The molecular weight excluding hydrogens is 178 g/mol. The molecular formula is C5H5N5OS. The van der Waals surface area contributed by atoms with E-state index in [1.165, 1.54) is 0 Å². The summed E-state index contributed by atoms with van der Waals surface area (Å²) in [5, 5.41) is 7.42. The summed E-state index contributed by atoms with van der Waals surface area (Å²) in [5.74, 6) is 0.766. The summed E-state index contributed by atoms with van der Waals surface area (Å²) in [6.45, 7) is 0.241. The van der Waals surface area contributed by atoms with E-state index in [9.17, 15) is 0 Å². The highest BCUT2D eigenvalue weighted by atomic mass is 32.1. The Morgan fingerprint density at radius 1 is 1.50 bits per heavy atom. The second-order valence-electron chi connectivity index (χ2n) is 2.00. The van der Waals surface area contributed by atoms with Gasteiger partial charge >= 0.3 is 0 Å². The Bertz CT molecular complexity index is 356. The van der Waals surface area contributed by atoms with E-state index in [-0.39, 0.29) is 6.54 Å². The van der Waals surface area contributed by atoms with E-state index < -0.39 is 0 Å². The van der Waals surface area contributed by atoms with Crippen LogP contribution in [-0.2, 0) is 6.54 Å². The van der Waals surface area contributed by atoms with Gasteiger partial charge in [0.05, 0.1) is 24.5 Å². The van der Waals surface area contributed by atoms with Gasteiger partial charge in [0.1, 0.15) is 0 Å². The lowest BCUT2D eigenvalue weighted by atomic mass is 10.5. The molecule has 62 valence electrons.